The van der Waals surface area contributed by atoms with Gasteiger partial charge in [-0.25, -0.2) is 0 Å². The van der Waals surface area contributed by atoms with Crippen LogP contribution in [0.2, 0.25) is 0 Å². The molecule has 1 saturated carbocycles. The molecular formula is C14H20N2O. The fourth-order valence-corrected chi connectivity index (χ4v) is 2.96. The quantitative estimate of drug-likeness (QED) is 0.618. The number of hydrogen-bond donors (Lipinski definition) is 2. The normalized spacial score (nSPS) is 24.9. The Morgan fingerprint density at radius 1 is 1.35 bits per heavy atom. The molecule has 17 heavy (non-hydrogen) atoms. The van der Waals surface area contributed by atoms with E-state index in [1.807, 2.05) is 12.1 Å². The molecule has 2 unspecified atom stereocenters. The minimum atomic E-state index is 0.351. The van der Waals surface area contributed by atoms with Gasteiger partial charge in [-0.15, -0.1) is 0 Å². The number of benzene rings is 1. The molecule has 0 radical (unpaired) electrons. The van der Waals surface area contributed by atoms with E-state index in [4.69, 9.17) is 10.6 Å². The van der Waals surface area contributed by atoms with Crippen LogP contribution in [0.5, 0.6) is 5.75 Å². The molecule has 0 amide bonds. The summed E-state index contributed by atoms with van der Waals surface area (Å²) in [5.74, 6) is 8.04. The van der Waals surface area contributed by atoms with E-state index < -0.39 is 0 Å². The van der Waals surface area contributed by atoms with Crippen LogP contribution in [0.4, 0.5) is 0 Å². The van der Waals surface area contributed by atoms with Gasteiger partial charge >= 0.3 is 0 Å². The van der Waals surface area contributed by atoms with Gasteiger partial charge in [-0.05, 0) is 18.4 Å². The highest BCUT2D eigenvalue weighted by molar-refractivity contribution is 5.40. The summed E-state index contributed by atoms with van der Waals surface area (Å²) in [4.78, 5) is 0. The highest BCUT2D eigenvalue weighted by Gasteiger charge is 2.33. The molecule has 2 aliphatic rings. The highest BCUT2D eigenvalue weighted by Crippen LogP contribution is 2.39. The van der Waals surface area contributed by atoms with Gasteiger partial charge in [0.2, 0.25) is 0 Å². The third kappa shape index (κ3) is 2.05. The molecule has 92 valence electrons. The van der Waals surface area contributed by atoms with Crippen molar-refractivity contribution in [2.75, 3.05) is 6.61 Å². The Morgan fingerprint density at radius 3 is 2.88 bits per heavy atom. The van der Waals surface area contributed by atoms with E-state index in [0.29, 0.717) is 12.0 Å². The molecule has 1 aromatic carbocycles. The summed E-state index contributed by atoms with van der Waals surface area (Å²) < 4.78 is 5.73. The van der Waals surface area contributed by atoms with Crippen LogP contribution in [0, 0.1) is 5.92 Å². The minimum Gasteiger partial charge on any atom is -0.493 e. The van der Waals surface area contributed by atoms with Gasteiger partial charge in [-0.3, -0.25) is 11.3 Å². The number of hydrogen-bond acceptors (Lipinski definition) is 3. The topological polar surface area (TPSA) is 47.3 Å². The van der Waals surface area contributed by atoms with Gasteiger partial charge in [0.05, 0.1) is 6.61 Å². The predicted molar refractivity (Wildman–Crippen MR) is 67.7 cm³/mol. The van der Waals surface area contributed by atoms with E-state index in [1.165, 1.54) is 31.2 Å². The van der Waals surface area contributed by atoms with E-state index in [2.05, 4.69) is 17.6 Å². The zero-order valence-corrected chi connectivity index (χ0v) is 10.1. The molecule has 3 N–H and O–H groups in total. The zero-order chi connectivity index (χ0) is 11.7. The largest absolute Gasteiger partial charge is 0.493 e. The van der Waals surface area contributed by atoms with Gasteiger partial charge < -0.3 is 4.74 Å². The Labute approximate surface area is 102 Å². The van der Waals surface area contributed by atoms with Crippen LogP contribution in [-0.2, 0) is 0 Å². The Bertz CT molecular complexity index is 390. The van der Waals surface area contributed by atoms with Gasteiger partial charge in [0.25, 0.3) is 0 Å². The first kappa shape index (κ1) is 11.1. The Kier molecular flexibility index (Phi) is 3.04. The lowest BCUT2D eigenvalue weighted by atomic mass is 9.77. The molecule has 1 aliphatic carbocycles. The van der Waals surface area contributed by atoms with E-state index in [-0.39, 0.29) is 0 Å². The average molecular weight is 232 g/mol. The summed E-state index contributed by atoms with van der Waals surface area (Å²) in [6, 6.07) is 8.67. The molecule has 0 aromatic heterocycles. The van der Waals surface area contributed by atoms with Crippen LogP contribution in [0.1, 0.15) is 37.2 Å². The minimum absolute atomic E-state index is 0.351. The maximum absolute atomic E-state index is 5.73. The van der Waals surface area contributed by atoms with Crippen LogP contribution in [-0.4, -0.2) is 12.6 Å². The van der Waals surface area contributed by atoms with Gasteiger partial charge in [-0.2, -0.15) is 0 Å². The first-order valence-electron chi connectivity index (χ1n) is 6.56. The number of hydrazine groups is 1. The van der Waals surface area contributed by atoms with Crippen molar-refractivity contribution in [3.05, 3.63) is 29.8 Å². The number of nitrogens with one attached hydrogen (secondary N) is 1. The summed E-state index contributed by atoms with van der Waals surface area (Å²) >= 11 is 0. The monoisotopic (exact) mass is 232 g/mol. The summed E-state index contributed by atoms with van der Waals surface area (Å²) in [5, 5.41) is 0. The van der Waals surface area contributed by atoms with Crippen molar-refractivity contribution in [1.29, 1.82) is 0 Å². The molecule has 3 rings (SSSR count). The maximum Gasteiger partial charge on any atom is 0.122 e. The molecule has 3 nitrogen and oxygen atoms in total. The fraction of sp³-hybridized carbons (Fsp3) is 0.571. The fourth-order valence-electron chi connectivity index (χ4n) is 2.96. The molecule has 3 heteroatoms. The van der Waals surface area contributed by atoms with Crippen molar-refractivity contribution < 1.29 is 4.74 Å². The molecule has 1 aliphatic heterocycles. The van der Waals surface area contributed by atoms with Crippen molar-refractivity contribution in [3.63, 3.8) is 0 Å². The first-order chi connectivity index (χ1) is 8.38. The second kappa shape index (κ2) is 4.67. The molecule has 1 fully saturated rings. The average Bonchev–Trinajstić information content (AvgIpc) is 2.72. The lowest BCUT2D eigenvalue weighted by Gasteiger charge is -2.31. The molecule has 2 atom stereocenters. The molecule has 0 bridgehead atoms. The van der Waals surface area contributed by atoms with E-state index in [1.54, 1.807) is 0 Å². The Hall–Kier alpha value is -1.06. The lowest BCUT2D eigenvalue weighted by Crippen LogP contribution is -2.42. The molecule has 0 spiro atoms. The lowest BCUT2D eigenvalue weighted by molar-refractivity contribution is 0.226. The van der Waals surface area contributed by atoms with E-state index in [0.717, 1.165) is 18.3 Å². The zero-order valence-electron chi connectivity index (χ0n) is 10.1. The second-order valence-electron chi connectivity index (χ2n) is 5.26. The van der Waals surface area contributed by atoms with Crippen LogP contribution in [0.3, 0.4) is 0 Å². The van der Waals surface area contributed by atoms with Crippen LogP contribution in [0.25, 0.3) is 0 Å². The first-order valence-corrected chi connectivity index (χ1v) is 6.56. The number of nitrogens with two attached hydrogens (primary N) is 1. The van der Waals surface area contributed by atoms with Gasteiger partial charge in [0.1, 0.15) is 5.75 Å². The number of ether oxygens (including phenoxy) is 1. The van der Waals surface area contributed by atoms with E-state index in [9.17, 15) is 0 Å². The Morgan fingerprint density at radius 2 is 2.18 bits per heavy atom. The summed E-state index contributed by atoms with van der Waals surface area (Å²) in [7, 11) is 0. The number of fused-ring (bicyclic) bond motifs is 1. The van der Waals surface area contributed by atoms with Crippen molar-refractivity contribution in [1.82, 2.24) is 5.43 Å². The number of para-hydroxylation sites is 1. The van der Waals surface area contributed by atoms with Gasteiger partial charge in [0, 0.05) is 17.5 Å². The van der Waals surface area contributed by atoms with E-state index >= 15 is 0 Å². The highest BCUT2D eigenvalue weighted by atomic mass is 16.5. The summed E-state index contributed by atoms with van der Waals surface area (Å²) in [6.07, 6.45) is 5.30. The molecule has 0 saturated heterocycles. The van der Waals surface area contributed by atoms with Crippen molar-refractivity contribution >= 4 is 0 Å². The number of rotatable bonds is 4. The van der Waals surface area contributed by atoms with Crippen molar-refractivity contribution in [3.8, 4) is 5.75 Å². The molecule has 1 aromatic rings. The Balaban J connectivity index is 1.74. The SMILES string of the molecule is NNC(CC1CCC1)C1COc2ccccc21. The molecular weight excluding hydrogens is 212 g/mol. The van der Waals surface area contributed by atoms with Gasteiger partial charge in [0.15, 0.2) is 0 Å². The second-order valence-corrected chi connectivity index (χ2v) is 5.26. The van der Waals surface area contributed by atoms with Crippen molar-refractivity contribution in [2.24, 2.45) is 11.8 Å². The summed E-state index contributed by atoms with van der Waals surface area (Å²) in [5.41, 5.74) is 4.32. The third-order valence-corrected chi connectivity index (χ3v) is 4.25. The maximum atomic E-state index is 5.73. The summed E-state index contributed by atoms with van der Waals surface area (Å²) in [6.45, 7) is 0.765. The standard InChI is InChI=1S/C14H20N2O/c15-16-13(8-10-4-3-5-10)12-9-17-14-7-2-1-6-11(12)14/h1-2,6-7,10,12-13,16H,3-5,8-9,15H2. The van der Waals surface area contributed by atoms with Crippen LogP contribution >= 0.6 is 0 Å². The van der Waals surface area contributed by atoms with Crippen LogP contribution in [0.15, 0.2) is 24.3 Å². The third-order valence-electron chi connectivity index (χ3n) is 4.25. The van der Waals surface area contributed by atoms with Crippen LogP contribution < -0.4 is 16.0 Å². The smallest absolute Gasteiger partial charge is 0.122 e. The van der Waals surface area contributed by atoms with Crippen molar-refractivity contribution in [2.45, 2.75) is 37.6 Å². The molecule has 1 heterocycles. The predicted octanol–water partition coefficient (Wildman–Crippen LogP) is 2.18. The van der Waals surface area contributed by atoms with Gasteiger partial charge in [-0.1, -0.05) is 37.5 Å².